The second-order valence-electron chi connectivity index (χ2n) is 6.82. The third-order valence-electron chi connectivity index (χ3n) is 4.41. The molecule has 0 saturated heterocycles. The molecule has 0 aliphatic heterocycles. The van der Waals surface area contributed by atoms with Gasteiger partial charge in [-0.25, -0.2) is 0 Å². The summed E-state index contributed by atoms with van der Waals surface area (Å²) in [6.45, 7) is 6.60. The lowest BCUT2D eigenvalue weighted by Gasteiger charge is -2.31. The fourth-order valence-corrected chi connectivity index (χ4v) is 4.92. The van der Waals surface area contributed by atoms with Crippen LogP contribution in [0.25, 0.3) is 0 Å². The van der Waals surface area contributed by atoms with Crippen molar-refractivity contribution in [2.45, 2.75) is 52.5 Å². The van der Waals surface area contributed by atoms with Gasteiger partial charge in [0.1, 0.15) is 5.75 Å². The zero-order chi connectivity index (χ0) is 15.5. The van der Waals surface area contributed by atoms with Gasteiger partial charge in [-0.2, -0.15) is 0 Å². The van der Waals surface area contributed by atoms with Gasteiger partial charge in [0.15, 0.2) is 0 Å². The molecule has 1 aromatic carbocycles. The molecule has 0 heterocycles. The number of hydrogen-bond acceptors (Lipinski definition) is 2. The molecule has 1 aliphatic rings. The first-order chi connectivity index (χ1) is 9.92. The van der Waals surface area contributed by atoms with Gasteiger partial charge >= 0.3 is 0 Å². The van der Waals surface area contributed by atoms with Gasteiger partial charge in [-0.15, -0.1) is 0 Å². The summed E-state index contributed by atoms with van der Waals surface area (Å²) < 4.78 is 1.48. The first kappa shape index (κ1) is 17.3. The van der Waals surface area contributed by atoms with Crippen molar-refractivity contribution in [1.82, 2.24) is 5.32 Å². The van der Waals surface area contributed by atoms with Crippen molar-refractivity contribution in [2.75, 3.05) is 6.54 Å². The third kappa shape index (κ3) is 4.70. The second kappa shape index (κ2) is 7.47. The van der Waals surface area contributed by atoms with Gasteiger partial charge in [0, 0.05) is 13.1 Å². The molecule has 0 radical (unpaired) electrons. The molecule has 0 bridgehead atoms. The zero-order valence-corrected chi connectivity index (χ0v) is 16.1. The highest BCUT2D eigenvalue weighted by molar-refractivity contribution is 9.11. The molecule has 1 aromatic rings. The molecule has 21 heavy (non-hydrogen) atoms. The largest absolute Gasteiger partial charge is 0.506 e. The van der Waals surface area contributed by atoms with E-state index in [4.69, 9.17) is 0 Å². The maximum Gasteiger partial charge on any atom is 0.143 e. The fraction of sp³-hybridized carbons (Fsp3) is 0.647. The van der Waals surface area contributed by atoms with Crippen LogP contribution < -0.4 is 5.32 Å². The molecule has 1 saturated carbocycles. The van der Waals surface area contributed by atoms with Crippen molar-refractivity contribution in [3.63, 3.8) is 0 Å². The summed E-state index contributed by atoms with van der Waals surface area (Å²) in [7, 11) is 0. The lowest BCUT2D eigenvalue weighted by atomic mass is 9.78. The van der Waals surface area contributed by atoms with Crippen LogP contribution >= 0.6 is 31.9 Å². The lowest BCUT2D eigenvalue weighted by molar-refractivity contribution is 0.223. The molecule has 118 valence electrons. The molecule has 0 amide bonds. The standard InChI is InChI=1S/C17H25Br2NO/c1-12(2)9-17(5-3-4-6-17)11-20-10-13-7-14(18)16(21)15(19)8-13/h7-8,12,20-21H,3-6,9-11H2,1-2H3. The van der Waals surface area contributed by atoms with Crippen LogP contribution in [0.4, 0.5) is 0 Å². The molecule has 1 aliphatic carbocycles. The molecule has 0 unspecified atom stereocenters. The predicted octanol–water partition coefficient (Wildman–Crippen LogP) is 5.61. The number of hydrogen-bond donors (Lipinski definition) is 2. The molecule has 0 aromatic heterocycles. The Morgan fingerprint density at radius 2 is 1.76 bits per heavy atom. The summed E-state index contributed by atoms with van der Waals surface area (Å²) in [4.78, 5) is 0. The molecule has 4 heteroatoms. The summed E-state index contributed by atoms with van der Waals surface area (Å²) in [5.74, 6) is 1.03. The third-order valence-corrected chi connectivity index (χ3v) is 5.62. The van der Waals surface area contributed by atoms with Crippen LogP contribution in [0.1, 0.15) is 51.5 Å². The Hall–Kier alpha value is -0.0600. The average molecular weight is 419 g/mol. The minimum absolute atomic E-state index is 0.269. The van der Waals surface area contributed by atoms with E-state index >= 15 is 0 Å². The highest BCUT2D eigenvalue weighted by atomic mass is 79.9. The van der Waals surface area contributed by atoms with Crippen LogP contribution in [-0.4, -0.2) is 11.7 Å². The Bertz CT molecular complexity index is 459. The van der Waals surface area contributed by atoms with Crippen LogP contribution in [0.3, 0.4) is 0 Å². The van der Waals surface area contributed by atoms with Crippen molar-refractivity contribution >= 4 is 31.9 Å². The Kier molecular flexibility index (Phi) is 6.15. The highest BCUT2D eigenvalue weighted by Gasteiger charge is 2.33. The van der Waals surface area contributed by atoms with Gasteiger partial charge in [0.25, 0.3) is 0 Å². The maximum atomic E-state index is 9.75. The summed E-state index contributed by atoms with van der Waals surface area (Å²) in [6.07, 6.45) is 6.81. The maximum absolute atomic E-state index is 9.75. The topological polar surface area (TPSA) is 32.3 Å². The van der Waals surface area contributed by atoms with Crippen LogP contribution in [0.2, 0.25) is 0 Å². The number of aromatic hydroxyl groups is 1. The van der Waals surface area contributed by atoms with Gasteiger partial charge < -0.3 is 10.4 Å². The van der Waals surface area contributed by atoms with Gasteiger partial charge in [-0.1, -0.05) is 26.7 Å². The predicted molar refractivity (Wildman–Crippen MR) is 95.6 cm³/mol. The number of nitrogens with one attached hydrogen (secondary N) is 1. The van der Waals surface area contributed by atoms with E-state index in [9.17, 15) is 5.11 Å². The van der Waals surface area contributed by atoms with Crippen LogP contribution in [0.15, 0.2) is 21.1 Å². The first-order valence-corrected chi connectivity index (χ1v) is 9.38. The van der Waals surface area contributed by atoms with Gasteiger partial charge in [-0.05, 0) is 80.2 Å². The van der Waals surface area contributed by atoms with Crippen molar-refractivity contribution < 1.29 is 5.11 Å². The summed E-state index contributed by atoms with van der Waals surface area (Å²) in [5.41, 5.74) is 1.68. The average Bonchev–Trinajstić information content (AvgIpc) is 2.83. The molecule has 2 N–H and O–H groups in total. The van der Waals surface area contributed by atoms with Crippen molar-refractivity contribution in [2.24, 2.45) is 11.3 Å². The summed E-state index contributed by atoms with van der Waals surface area (Å²) >= 11 is 6.78. The molecule has 2 rings (SSSR count). The molecule has 0 atom stereocenters. The zero-order valence-electron chi connectivity index (χ0n) is 12.9. The van der Waals surface area contributed by atoms with Gasteiger partial charge in [-0.3, -0.25) is 0 Å². The fourth-order valence-electron chi connectivity index (χ4n) is 3.64. The molecule has 1 fully saturated rings. The van der Waals surface area contributed by atoms with E-state index in [0.717, 1.165) is 28.0 Å². The minimum Gasteiger partial charge on any atom is -0.506 e. The van der Waals surface area contributed by atoms with Crippen molar-refractivity contribution in [1.29, 1.82) is 0 Å². The Balaban J connectivity index is 1.93. The molecular formula is C17H25Br2NO. The first-order valence-electron chi connectivity index (χ1n) is 7.79. The van der Waals surface area contributed by atoms with E-state index < -0.39 is 0 Å². The number of phenolic OH excluding ortho intramolecular Hbond substituents is 1. The van der Waals surface area contributed by atoms with E-state index in [1.165, 1.54) is 37.7 Å². The van der Waals surface area contributed by atoms with E-state index in [-0.39, 0.29) is 5.75 Å². The Labute approximate surface area is 145 Å². The normalized spacial score (nSPS) is 17.6. The number of halogens is 2. The number of phenols is 1. The van der Waals surface area contributed by atoms with E-state index in [2.05, 4.69) is 51.0 Å². The highest BCUT2D eigenvalue weighted by Crippen LogP contribution is 2.42. The minimum atomic E-state index is 0.269. The van der Waals surface area contributed by atoms with E-state index in [1.807, 2.05) is 12.1 Å². The Morgan fingerprint density at radius 1 is 1.19 bits per heavy atom. The van der Waals surface area contributed by atoms with Gasteiger partial charge in [0.2, 0.25) is 0 Å². The SMILES string of the molecule is CC(C)CC1(CNCc2cc(Br)c(O)c(Br)c2)CCCC1. The molecular weight excluding hydrogens is 394 g/mol. The lowest BCUT2D eigenvalue weighted by Crippen LogP contribution is -2.33. The van der Waals surface area contributed by atoms with E-state index in [1.54, 1.807) is 0 Å². The van der Waals surface area contributed by atoms with Crippen LogP contribution in [0, 0.1) is 11.3 Å². The smallest absolute Gasteiger partial charge is 0.143 e. The van der Waals surface area contributed by atoms with Crippen molar-refractivity contribution in [3.05, 3.63) is 26.6 Å². The Morgan fingerprint density at radius 3 is 2.29 bits per heavy atom. The monoisotopic (exact) mass is 417 g/mol. The second-order valence-corrected chi connectivity index (χ2v) is 8.53. The van der Waals surface area contributed by atoms with Crippen LogP contribution in [-0.2, 0) is 6.54 Å². The molecule has 0 spiro atoms. The summed E-state index contributed by atoms with van der Waals surface area (Å²) in [5, 5.41) is 13.4. The van der Waals surface area contributed by atoms with Crippen LogP contribution in [0.5, 0.6) is 5.75 Å². The quantitative estimate of drug-likeness (QED) is 0.628. The number of benzene rings is 1. The van der Waals surface area contributed by atoms with Gasteiger partial charge in [0.05, 0.1) is 8.95 Å². The van der Waals surface area contributed by atoms with E-state index in [0.29, 0.717) is 5.41 Å². The summed E-state index contributed by atoms with van der Waals surface area (Å²) in [6, 6.07) is 3.97. The number of rotatable bonds is 6. The molecule has 2 nitrogen and oxygen atoms in total. The van der Waals surface area contributed by atoms with Crippen molar-refractivity contribution in [3.8, 4) is 5.75 Å².